The zero-order valence-electron chi connectivity index (χ0n) is 18.3. The van der Waals surface area contributed by atoms with Gasteiger partial charge in [-0.1, -0.05) is 30.1 Å². The number of rotatable bonds is 9. The summed E-state index contributed by atoms with van der Waals surface area (Å²) in [6, 6.07) is 9.44. The van der Waals surface area contributed by atoms with Gasteiger partial charge in [-0.2, -0.15) is 5.10 Å². The van der Waals surface area contributed by atoms with Gasteiger partial charge in [-0.15, -0.1) is 0 Å². The van der Waals surface area contributed by atoms with Crippen LogP contribution in [-0.2, 0) is 14.4 Å². The number of nitrogens with one attached hydrogen (secondary N) is 3. The highest BCUT2D eigenvalue weighted by Gasteiger charge is 2.14. The Labute approximate surface area is 201 Å². The number of anilines is 1. The molecule has 0 saturated carbocycles. The number of benzene rings is 2. The Morgan fingerprint density at radius 1 is 1.06 bits per heavy atom. The van der Waals surface area contributed by atoms with Crippen LogP contribution >= 0.6 is 23.2 Å². The number of halogens is 2. The second-order valence-electron chi connectivity index (χ2n) is 6.86. The van der Waals surface area contributed by atoms with E-state index in [9.17, 15) is 14.4 Å². The lowest BCUT2D eigenvalue weighted by Gasteiger charge is -2.12. The first kappa shape index (κ1) is 26.0. The number of methoxy groups -OCH3 is 1. The Morgan fingerprint density at radius 2 is 1.82 bits per heavy atom. The van der Waals surface area contributed by atoms with Gasteiger partial charge in [-0.05, 0) is 55.3 Å². The van der Waals surface area contributed by atoms with Crippen LogP contribution in [0.2, 0.25) is 10.0 Å². The Bertz CT molecular complexity index is 1050. The number of hydrogen-bond donors (Lipinski definition) is 3. The lowest BCUT2D eigenvalue weighted by atomic mass is 10.2. The molecule has 0 saturated heterocycles. The highest BCUT2D eigenvalue weighted by Crippen LogP contribution is 2.28. The van der Waals surface area contributed by atoms with Crippen molar-refractivity contribution in [3.8, 4) is 11.5 Å². The second kappa shape index (κ2) is 12.7. The van der Waals surface area contributed by atoms with Crippen molar-refractivity contribution in [2.24, 2.45) is 5.10 Å². The molecule has 3 N–H and O–H groups in total. The fourth-order valence-electron chi connectivity index (χ4n) is 2.41. The van der Waals surface area contributed by atoms with Crippen molar-refractivity contribution in [3.05, 3.63) is 52.0 Å². The molecule has 0 heterocycles. The summed E-state index contributed by atoms with van der Waals surface area (Å²) in [4.78, 5) is 35.6. The van der Waals surface area contributed by atoms with E-state index in [0.717, 1.165) is 0 Å². The van der Waals surface area contributed by atoms with Crippen LogP contribution < -0.4 is 25.5 Å². The Balaban J connectivity index is 1.92. The van der Waals surface area contributed by atoms with Crippen LogP contribution in [-0.4, -0.2) is 43.7 Å². The third kappa shape index (κ3) is 8.28. The maximum Gasteiger partial charge on any atom is 0.329 e. The van der Waals surface area contributed by atoms with Gasteiger partial charge in [0.25, 0.3) is 5.91 Å². The molecule has 0 bridgehead atoms. The smallest absolute Gasteiger partial charge is 0.329 e. The molecule has 0 aliphatic heterocycles. The molecule has 0 unspecified atom stereocenters. The molecule has 0 radical (unpaired) electrons. The molecule has 2 rings (SSSR count). The first-order valence-electron chi connectivity index (χ1n) is 9.93. The maximum absolute atomic E-state index is 12.1. The number of carbonyl (C=O) groups excluding carboxylic acids is 3. The minimum Gasteiger partial charge on any atom is -0.493 e. The minimum atomic E-state index is -0.869. The molecule has 0 aliphatic carbocycles. The molecule has 2 aromatic carbocycles. The van der Waals surface area contributed by atoms with Gasteiger partial charge in [0, 0.05) is 11.7 Å². The van der Waals surface area contributed by atoms with Crippen molar-refractivity contribution in [2.75, 3.05) is 19.0 Å². The van der Waals surface area contributed by atoms with Gasteiger partial charge in [-0.3, -0.25) is 14.4 Å². The van der Waals surface area contributed by atoms with E-state index in [1.54, 1.807) is 37.3 Å². The van der Waals surface area contributed by atoms with E-state index in [4.69, 9.17) is 32.7 Å². The van der Waals surface area contributed by atoms with Crippen LogP contribution in [0, 0.1) is 0 Å². The predicted octanol–water partition coefficient (Wildman–Crippen LogP) is 3.38. The summed E-state index contributed by atoms with van der Waals surface area (Å²) in [5.41, 5.74) is 3.21. The molecule has 3 amide bonds. The summed E-state index contributed by atoms with van der Waals surface area (Å²) in [5, 5.41) is 9.66. The van der Waals surface area contributed by atoms with E-state index in [2.05, 4.69) is 21.2 Å². The predicted molar refractivity (Wildman–Crippen MR) is 127 cm³/mol. The van der Waals surface area contributed by atoms with Gasteiger partial charge in [0.1, 0.15) is 0 Å². The molecule has 9 nitrogen and oxygen atoms in total. The van der Waals surface area contributed by atoms with Crippen LogP contribution in [0.25, 0.3) is 0 Å². The summed E-state index contributed by atoms with van der Waals surface area (Å²) in [7, 11) is 1.44. The van der Waals surface area contributed by atoms with Crippen LogP contribution in [0.5, 0.6) is 11.5 Å². The van der Waals surface area contributed by atoms with Crippen molar-refractivity contribution in [2.45, 2.75) is 26.3 Å². The zero-order valence-corrected chi connectivity index (χ0v) is 19.8. The third-order valence-electron chi connectivity index (χ3n) is 4.33. The van der Waals surface area contributed by atoms with Crippen molar-refractivity contribution >= 4 is 52.8 Å². The van der Waals surface area contributed by atoms with Crippen LogP contribution in [0.4, 0.5) is 5.69 Å². The van der Waals surface area contributed by atoms with Crippen molar-refractivity contribution < 1.29 is 23.9 Å². The first-order chi connectivity index (χ1) is 15.7. The zero-order chi connectivity index (χ0) is 24.4. The van der Waals surface area contributed by atoms with Gasteiger partial charge in [0.2, 0.25) is 0 Å². The van der Waals surface area contributed by atoms with E-state index in [1.807, 2.05) is 6.92 Å². The average Bonchev–Trinajstić information content (AvgIpc) is 2.80. The number of nitrogens with zero attached hydrogens (tertiary/aromatic N) is 1. The van der Waals surface area contributed by atoms with E-state index in [0.29, 0.717) is 39.2 Å². The Kier molecular flexibility index (Phi) is 9.96. The van der Waals surface area contributed by atoms with Crippen LogP contribution in [0.3, 0.4) is 0 Å². The lowest BCUT2D eigenvalue weighted by molar-refractivity contribution is -0.139. The molecule has 176 valence electrons. The summed E-state index contributed by atoms with van der Waals surface area (Å²) >= 11 is 11.8. The summed E-state index contributed by atoms with van der Waals surface area (Å²) in [6.07, 6.45) is 2.05. The molecule has 2 aromatic rings. The van der Waals surface area contributed by atoms with Gasteiger partial charge in [-0.25, -0.2) is 5.43 Å². The van der Waals surface area contributed by atoms with Crippen molar-refractivity contribution in [1.29, 1.82) is 0 Å². The van der Waals surface area contributed by atoms with E-state index >= 15 is 0 Å². The first-order valence-corrected chi connectivity index (χ1v) is 10.7. The van der Waals surface area contributed by atoms with Gasteiger partial charge in [0.05, 0.1) is 23.4 Å². The average molecular weight is 495 g/mol. The number of hydrogen-bond acceptors (Lipinski definition) is 6. The summed E-state index contributed by atoms with van der Waals surface area (Å²) in [6.45, 7) is 3.41. The SMILES string of the molecule is CC[C@@H](C)NC(=O)C(=O)N/N=C\c1ccc(OCC(=O)Nc2ccc(Cl)c(Cl)c2)c(OC)c1. The summed E-state index contributed by atoms with van der Waals surface area (Å²) < 4.78 is 10.8. The van der Waals surface area contributed by atoms with E-state index in [1.165, 1.54) is 19.4 Å². The normalized spacial score (nSPS) is 11.5. The lowest BCUT2D eigenvalue weighted by Crippen LogP contribution is -2.41. The molecular formula is C22H24Cl2N4O5. The standard InChI is InChI=1S/C22H24Cl2N4O5/c1-4-13(2)26-21(30)22(31)28-25-11-14-5-8-18(19(9-14)32-3)33-12-20(29)27-15-6-7-16(23)17(24)10-15/h5-11,13H,4,12H2,1-3H3,(H,26,30)(H,27,29)(H,28,31)/b25-11-/t13-/m1/s1. The number of ether oxygens (including phenoxy) is 2. The Hall–Kier alpha value is -3.30. The maximum atomic E-state index is 12.1. The molecule has 0 fully saturated rings. The highest BCUT2D eigenvalue weighted by molar-refractivity contribution is 6.42. The molecule has 0 aromatic heterocycles. The Morgan fingerprint density at radius 3 is 2.48 bits per heavy atom. The third-order valence-corrected chi connectivity index (χ3v) is 5.06. The van der Waals surface area contributed by atoms with Gasteiger partial charge < -0.3 is 20.1 Å². The van der Waals surface area contributed by atoms with Gasteiger partial charge in [0.15, 0.2) is 18.1 Å². The van der Waals surface area contributed by atoms with Crippen LogP contribution in [0.1, 0.15) is 25.8 Å². The molecule has 0 spiro atoms. The quantitative estimate of drug-likeness (QED) is 0.280. The van der Waals surface area contributed by atoms with Gasteiger partial charge >= 0.3 is 11.8 Å². The number of amides is 3. The minimum absolute atomic E-state index is 0.116. The van der Waals surface area contributed by atoms with Crippen LogP contribution in [0.15, 0.2) is 41.5 Å². The number of hydrazone groups is 1. The number of carbonyl (C=O) groups is 3. The molecule has 11 heteroatoms. The molecule has 33 heavy (non-hydrogen) atoms. The van der Waals surface area contributed by atoms with Crippen molar-refractivity contribution in [3.63, 3.8) is 0 Å². The highest BCUT2D eigenvalue weighted by atomic mass is 35.5. The molecule has 1 atom stereocenters. The topological polar surface area (TPSA) is 118 Å². The largest absolute Gasteiger partial charge is 0.493 e. The molecule has 0 aliphatic rings. The molecular weight excluding hydrogens is 471 g/mol. The van der Waals surface area contributed by atoms with E-state index < -0.39 is 17.7 Å². The van der Waals surface area contributed by atoms with Crippen molar-refractivity contribution in [1.82, 2.24) is 10.7 Å². The monoisotopic (exact) mass is 494 g/mol. The van der Waals surface area contributed by atoms with E-state index in [-0.39, 0.29) is 12.6 Å². The fraction of sp³-hybridized carbons (Fsp3) is 0.273. The second-order valence-corrected chi connectivity index (χ2v) is 7.67. The fourth-order valence-corrected chi connectivity index (χ4v) is 2.70. The summed E-state index contributed by atoms with van der Waals surface area (Å²) in [5.74, 6) is -1.36.